The van der Waals surface area contributed by atoms with Gasteiger partial charge < -0.3 is 19.3 Å². The lowest BCUT2D eigenvalue weighted by Crippen LogP contribution is -2.36. The van der Waals surface area contributed by atoms with E-state index in [-0.39, 0.29) is 17.3 Å². The van der Waals surface area contributed by atoms with Crippen LogP contribution >= 0.6 is 0 Å². The Morgan fingerprint density at radius 3 is 2.43 bits per heavy atom. The molecule has 0 saturated carbocycles. The van der Waals surface area contributed by atoms with Gasteiger partial charge in [0.25, 0.3) is 0 Å². The van der Waals surface area contributed by atoms with E-state index in [1.807, 2.05) is 27.7 Å². The van der Waals surface area contributed by atoms with E-state index in [1.165, 1.54) is 19.2 Å². The van der Waals surface area contributed by atoms with E-state index in [0.717, 1.165) is 6.42 Å². The Hall–Kier alpha value is -1.75. The van der Waals surface area contributed by atoms with Crippen LogP contribution in [0.25, 0.3) is 0 Å². The summed E-state index contributed by atoms with van der Waals surface area (Å²) in [7, 11) is 1.53. The second-order valence-electron chi connectivity index (χ2n) is 6.45. The fourth-order valence-electron chi connectivity index (χ4n) is 2.75. The molecule has 21 heavy (non-hydrogen) atoms. The highest BCUT2D eigenvalue weighted by Gasteiger charge is 2.47. The monoisotopic (exact) mass is 294 g/mol. The minimum Gasteiger partial charge on any atom is -0.493 e. The Kier molecular flexibility index (Phi) is 3.89. The van der Waals surface area contributed by atoms with Crippen molar-refractivity contribution in [2.24, 2.45) is 0 Å². The van der Waals surface area contributed by atoms with Crippen molar-refractivity contribution < 1.29 is 24.1 Å². The van der Waals surface area contributed by atoms with Gasteiger partial charge in [-0.1, -0.05) is 0 Å². The summed E-state index contributed by atoms with van der Waals surface area (Å²) >= 11 is 0. The fourth-order valence-corrected chi connectivity index (χ4v) is 2.75. The van der Waals surface area contributed by atoms with E-state index in [9.17, 15) is 4.79 Å². The van der Waals surface area contributed by atoms with E-state index < -0.39 is 11.6 Å². The molecule has 1 heterocycles. The lowest BCUT2D eigenvalue weighted by molar-refractivity contribution is -0.0847. The summed E-state index contributed by atoms with van der Waals surface area (Å²) < 4.78 is 17.3. The van der Waals surface area contributed by atoms with Gasteiger partial charge in [0.05, 0.1) is 18.3 Å². The Morgan fingerprint density at radius 2 is 1.95 bits per heavy atom. The van der Waals surface area contributed by atoms with E-state index in [2.05, 4.69) is 0 Å². The van der Waals surface area contributed by atoms with Gasteiger partial charge >= 0.3 is 5.97 Å². The van der Waals surface area contributed by atoms with Gasteiger partial charge in [-0.2, -0.15) is 0 Å². The quantitative estimate of drug-likeness (QED) is 0.924. The molecule has 116 valence electrons. The first kappa shape index (κ1) is 15.6. The zero-order valence-corrected chi connectivity index (χ0v) is 13.1. The smallest absolute Gasteiger partial charge is 0.335 e. The Balaban J connectivity index is 2.30. The number of carboxylic acids is 1. The molecule has 1 atom stereocenters. The zero-order chi connectivity index (χ0) is 15.8. The summed E-state index contributed by atoms with van der Waals surface area (Å²) in [5.41, 5.74) is -0.554. The molecule has 0 aliphatic carbocycles. The number of ether oxygens (including phenoxy) is 3. The van der Waals surface area contributed by atoms with Crippen LogP contribution in [0.1, 0.15) is 44.5 Å². The molecule has 5 heteroatoms. The minimum atomic E-state index is -0.996. The maximum atomic E-state index is 11.1. The Morgan fingerprint density at radius 1 is 1.29 bits per heavy atom. The molecule has 1 fully saturated rings. The summed E-state index contributed by atoms with van der Waals surface area (Å²) in [5.74, 6) is -0.0537. The maximum absolute atomic E-state index is 11.1. The first-order valence-electron chi connectivity index (χ1n) is 6.93. The van der Waals surface area contributed by atoms with Gasteiger partial charge in [0, 0.05) is 6.42 Å². The van der Waals surface area contributed by atoms with Crippen molar-refractivity contribution in [3.8, 4) is 11.5 Å². The molecule has 0 amide bonds. The highest BCUT2D eigenvalue weighted by molar-refractivity contribution is 5.88. The summed E-state index contributed by atoms with van der Waals surface area (Å²) in [6.45, 7) is 7.98. The molecule has 1 unspecified atom stereocenters. The molecule has 1 N–H and O–H groups in total. The van der Waals surface area contributed by atoms with Gasteiger partial charge in [0.2, 0.25) is 0 Å². The van der Waals surface area contributed by atoms with Crippen LogP contribution in [0.3, 0.4) is 0 Å². The van der Waals surface area contributed by atoms with Gasteiger partial charge in [0.1, 0.15) is 11.7 Å². The molecule has 1 saturated heterocycles. The van der Waals surface area contributed by atoms with Crippen LogP contribution in [0.5, 0.6) is 11.5 Å². The molecule has 1 aromatic rings. The number of carbonyl (C=O) groups is 1. The third kappa shape index (κ3) is 3.29. The van der Waals surface area contributed by atoms with Crippen LogP contribution in [-0.4, -0.2) is 35.5 Å². The van der Waals surface area contributed by atoms with Crippen molar-refractivity contribution in [1.29, 1.82) is 0 Å². The molecular weight excluding hydrogens is 272 g/mol. The lowest BCUT2D eigenvalue weighted by atomic mass is 9.97. The second-order valence-corrected chi connectivity index (χ2v) is 6.45. The highest BCUT2D eigenvalue weighted by atomic mass is 16.6. The normalized spacial score (nSPS) is 22.8. The van der Waals surface area contributed by atoms with Gasteiger partial charge in [-0.05, 0) is 45.9 Å². The number of carboxylic acid groups (broad SMARTS) is 1. The highest BCUT2D eigenvalue weighted by Crippen LogP contribution is 2.41. The van der Waals surface area contributed by atoms with Crippen molar-refractivity contribution >= 4 is 5.97 Å². The summed E-state index contributed by atoms with van der Waals surface area (Å²) in [4.78, 5) is 11.1. The molecule has 0 radical (unpaired) electrons. The van der Waals surface area contributed by atoms with Crippen molar-refractivity contribution in [3.63, 3.8) is 0 Å². The standard InChI is InChI=1S/C16H22O5/c1-15(2)9-13(16(3,4)21-15)20-12-8-10(14(17)18)6-7-11(12)19-5/h6-8,13H,9H2,1-5H3,(H,17,18). The van der Waals surface area contributed by atoms with E-state index in [1.54, 1.807) is 6.07 Å². The predicted octanol–water partition coefficient (Wildman–Crippen LogP) is 3.12. The molecule has 1 aliphatic rings. The van der Waals surface area contributed by atoms with Crippen molar-refractivity contribution in [1.82, 2.24) is 0 Å². The number of methoxy groups -OCH3 is 1. The fraction of sp³-hybridized carbons (Fsp3) is 0.562. The summed E-state index contributed by atoms with van der Waals surface area (Å²) in [6.07, 6.45) is 0.547. The number of rotatable bonds is 4. The molecule has 0 spiro atoms. The molecule has 1 aliphatic heterocycles. The van der Waals surface area contributed by atoms with Crippen LogP contribution in [0.4, 0.5) is 0 Å². The SMILES string of the molecule is COc1ccc(C(=O)O)cc1OC1CC(C)(C)OC1(C)C. The van der Waals surface area contributed by atoms with E-state index in [4.69, 9.17) is 19.3 Å². The lowest BCUT2D eigenvalue weighted by Gasteiger charge is -2.28. The number of aromatic carboxylic acids is 1. The van der Waals surface area contributed by atoms with Crippen molar-refractivity contribution in [2.75, 3.05) is 7.11 Å². The van der Waals surface area contributed by atoms with Crippen LogP contribution in [-0.2, 0) is 4.74 Å². The molecule has 0 aromatic heterocycles. The van der Waals surface area contributed by atoms with Gasteiger partial charge in [-0.25, -0.2) is 4.79 Å². The molecule has 5 nitrogen and oxygen atoms in total. The Bertz CT molecular complexity index is 548. The van der Waals surface area contributed by atoms with Crippen LogP contribution in [0.2, 0.25) is 0 Å². The van der Waals surface area contributed by atoms with Crippen LogP contribution in [0, 0.1) is 0 Å². The average Bonchev–Trinajstić information content (AvgIpc) is 2.56. The van der Waals surface area contributed by atoms with Gasteiger partial charge in [0.15, 0.2) is 11.5 Å². The zero-order valence-electron chi connectivity index (χ0n) is 13.1. The van der Waals surface area contributed by atoms with E-state index >= 15 is 0 Å². The van der Waals surface area contributed by atoms with Crippen LogP contribution < -0.4 is 9.47 Å². The van der Waals surface area contributed by atoms with Gasteiger partial charge in [-0.15, -0.1) is 0 Å². The molecule has 0 bridgehead atoms. The summed E-state index contributed by atoms with van der Waals surface area (Å²) in [6, 6.07) is 4.59. The summed E-state index contributed by atoms with van der Waals surface area (Å²) in [5, 5.41) is 9.10. The number of benzene rings is 1. The second kappa shape index (κ2) is 5.22. The number of hydrogen-bond donors (Lipinski definition) is 1. The van der Waals surface area contributed by atoms with Gasteiger partial charge in [-0.3, -0.25) is 0 Å². The number of hydrogen-bond acceptors (Lipinski definition) is 4. The maximum Gasteiger partial charge on any atom is 0.335 e. The topological polar surface area (TPSA) is 65.0 Å². The van der Waals surface area contributed by atoms with E-state index in [0.29, 0.717) is 11.5 Å². The molecular formula is C16H22O5. The minimum absolute atomic E-state index is 0.168. The first-order chi connectivity index (χ1) is 9.64. The van der Waals surface area contributed by atoms with Crippen LogP contribution in [0.15, 0.2) is 18.2 Å². The third-order valence-electron chi connectivity index (χ3n) is 3.67. The predicted molar refractivity (Wildman–Crippen MR) is 78.2 cm³/mol. The molecule has 2 rings (SSSR count). The third-order valence-corrected chi connectivity index (χ3v) is 3.67. The first-order valence-corrected chi connectivity index (χ1v) is 6.93. The average molecular weight is 294 g/mol. The Labute approximate surface area is 124 Å². The molecule has 1 aromatic carbocycles. The largest absolute Gasteiger partial charge is 0.493 e. The van der Waals surface area contributed by atoms with Crippen molar-refractivity contribution in [2.45, 2.75) is 51.4 Å². The van der Waals surface area contributed by atoms with Crippen molar-refractivity contribution in [3.05, 3.63) is 23.8 Å².